The van der Waals surface area contributed by atoms with E-state index in [9.17, 15) is 0 Å². The summed E-state index contributed by atoms with van der Waals surface area (Å²) in [5, 5.41) is 3.13. The van der Waals surface area contributed by atoms with E-state index in [1.807, 2.05) is 13.2 Å². The molecule has 1 aliphatic heterocycles. The Labute approximate surface area is 115 Å². The smallest absolute Gasteiger partial charge is 0.0673 e. The van der Waals surface area contributed by atoms with Crippen LogP contribution in [0.4, 0.5) is 0 Å². The molecule has 4 heteroatoms. The summed E-state index contributed by atoms with van der Waals surface area (Å²) in [5.74, 6) is 0. The normalized spacial score (nSPS) is 16.4. The topological polar surface area (TPSA) is 37.4 Å². The van der Waals surface area contributed by atoms with Crippen LogP contribution in [-0.4, -0.2) is 43.7 Å². The Morgan fingerprint density at radius 2 is 2.32 bits per heavy atom. The van der Waals surface area contributed by atoms with E-state index < -0.39 is 0 Å². The zero-order valence-electron chi connectivity index (χ0n) is 11.9. The molecule has 0 amide bonds. The Hall–Kier alpha value is -1.23. The highest BCUT2D eigenvalue weighted by atomic mass is 16.5. The van der Waals surface area contributed by atoms with E-state index in [0.29, 0.717) is 0 Å². The molecule has 1 aliphatic rings. The molecule has 19 heavy (non-hydrogen) atoms. The first-order valence-corrected chi connectivity index (χ1v) is 6.79. The molecule has 2 rings (SSSR count). The number of nitrogens with zero attached hydrogens (tertiary/aromatic N) is 2. The molecule has 0 fully saturated rings. The van der Waals surface area contributed by atoms with E-state index in [-0.39, 0.29) is 0 Å². The van der Waals surface area contributed by atoms with Crippen LogP contribution in [0.1, 0.15) is 17.7 Å². The van der Waals surface area contributed by atoms with Crippen molar-refractivity contribution in [3.05, 3.63) is 41.2 Å². The minimum absolute atomic E-state index is 0.769. The van der Waals surface area contributed by atoms with E-state index >= 15 is 0 Å². The second-order valence-corrected chi connectivity index (χ2v) is 4.97. The Kier molecular flexibility index (Phi) is 5.51. The number of hydrogen-bond donors (Lipinski definition) is 1. The van der Waals surface area contributed by atoms with Gasteiger partial charge in [-0.15, -0.1) is 0 Å². The lowest BCUT2D eigenvalue weighted by Crippen LogP contribution is -2.29. The van der Waals surface area contributed by atoms with Crippen molar-refractivity contribution >= 4 is 0 Å². The molecule has 2 heterocycles. The van der Waals surface area contributed by atoms with Crippen LogP contribution >= 0.6 is 0 Å². The van der Waals surface area contributed by atoms with Gasteiger partial charge in [-0.1, -0.05) is 12.1 Å². The molecule has 0 aliphatic carbocycles. The number of nitrogens with one attached hydrogen (secondary N) is 1. The molecule has 0 saturated carbocycles. The molecule has 0 radical (unpaired) electrons. The van der Waals surface area contributed by atoms with Gasteiger partial charge >= 0.3 is 0 Å². The highest BCUT2D eigenvalue weighted by Gasteiger charge is 2.12. The summed E-state index contributed by atoms with van der Waals surface area (Å²) in [7, 11) is 3.70. The lowest BCUT2D eigenvalue weighted by molar-refractivity contribution is 0.210. The van der Waals surface area contributed by atoms with Gasteiger partial charge in [0.1, 0.15) is 0 Å². The Morgan fingerprint density at radius 1 is 1.42 bits per heavy atom. The summed E-state index contributed by atoms with van der Waals surface area (Å²) in [6, 6.07) is 4.27. The van der Waals surface area contributed by atoms with E-state index in [2.05, 4.69) is 33.4 Å². The third-order valence-corrected chi connectivity index (χ3v) is 3.37. The maximum absolute atomic E-state index is 5.17. The van der Waals surface area contributed by atoms with Crippen LogP contribution in [-0.2, 0) is 17.8 Å². The second kappa shape index (κ2) is 7.38. The lowest BCUT2D eigenvalue weighted by Gasteiger charge is -2.25. The maximum Gasteiger partial charge on any atom is 0.0673 e. The summed E-state index contributed by atoms with van der Waals surface area (Å²) >= 11 is 0. The number of hydrogen-bond acceptors (Lipinski definition) is 4. The lowest BCUT2D eigenvalue weighted by atomic mass is 10.1. The minimum atomic E-state index is 0.769. The predicted octanol–water partition coefficient (Wildman–Crippen LogP) is 1.58. The molecule has 4 nitrogen and oxygen atoms in total. The minimum Gasteiger partial charge on any atom is -0.380 e. The molecular weight excluding hydrogens is 238 g/mol. The van der Waals surface area contributed by atoms with E-state index in [0.717, 1.165) is 44.9 Å². The monoisotopic (exact) mass is 261 g/mol. The van der Waals surface area contributed by atoms with Gasteiger partial charge in [-0.3, -0.25) is 9.88 Å². The van der Waals surface area contributed by atoms with Crippen LogP contribution in [0.3, 0.4) is 0 Å². The first-order valence-electron chi connectivity index (χ1n) is 6.79. The molecule has 104 valence electrons. The fourth-order valence-corrected chi connectivity index (χ4v) is 2.30. The van der Waals surface area contributed by atoms with Crippen molar-refractivity contribution in [1.82, 2.24) is 15.2 Å². The largest absolute Gasteiger partial charge is 0.380 e. The SMILES string of the molecule is CNCc1ccc(CN2CC=C(COC)CC2)nc1. The summed E-state index contributed by atoms with van der Waals surface area (Å²) in [4.78, 5) is 6.94. The fourth-order valence-electron chi connectivity index (χ4n) is 2.30. The van der Waals surface area contributed by atoms with Gasteiger partial charge in [0.2, 0.25) is 0 Å². The van der Waals surface area contributed by atoms with Crippen molar-refractivity contribution in [1.29, 1.82) is 0 Å². The number of rotatable bonds is 6. The average molecular weight is 261 g/mol. The predicted molar refractivity (Wildman–Crippen MR) is 76.9 cm³/mol. The summed E-state index contributed by atoms with van der Waals surface area (Å²) in [5.41, 5.74) is 3.78. The molecule has 0 atom stereocenters. The van der Waals surface area contributed by atoms with E-state index in [1.165, 1.54) is 11.1 Å². The number of pyridine rings is 1. The molecular formula is C15H23N3O. The van der Waals surface area contributed by atoms with Crippen LogP contribution in [0.15, 0.2) is 30.0 Å². The molecule has 1 aromatic rings. The Morgan fingerprint density at radius 3 is 2.89 bits per heavy atom. The Balaban J connectivity index is 1.85. The van der Waals surface area contributed by atoms with Gasteiger partial charge in [0.25, 0.3) is 0 Å². The Bertz CT molecular complexity index is 414. The molecule has 0 bridgehead atoms. The van der Waals surface area contributed by atoms with Crippen LogP contribution in [0, 0.1) is 0 Å². The average Bonchev–Trinajstić information content (AvgIpc) is 2.44. The first kappa shape index (κ1) is 14.2. The molecule has 0 aromatic carbocycles. The van der Waals surface area contributed by atoms with Crippen LogP contribution in [0.5, 0.6) is 0 Å². The first-order chi connectivity index (χ1) is 9.31. The summed E-state index contributed by atoms with van der Waals surface area (Å²) in [6.45, 7) is 4.66. The molecule has 1 aromatic heterocycles. The van der Waals surface area contributed by atoms with Crippen LogP contribution in [0.2, 0.25) is 0 Å². The summed E-state index contributed by atoms with van der Waals surface area (Å²) < 4.78 is 5.17. The quantitative estimate of drug-likeness (QED) is 0.789. The van der Waals surface area contributed by atoms with Gasteiger partial charge in [-0.2, -0.15) is 0 Å². The highest BCUT2D eigenvalue weighted by Crippen LogP contribution is 2.13. The standard InChI is InChI=1S/C15H23N3O/c1-16-9-14-3-4-15(17-10-14)11-18-7-5-13(6-8-18)12-19-2/h3-5,10,16H,6-9,11-12H2,1-2H3. The third-order valence-electron chi connectivity index (χ3n) is 3.37. The van der Waals surface area contributed by atoms with Crippen molar-refractivity contribution in [2.75, 3.05) is 33.9 Å². The molecule has 1 N–H and O–H groups in total. The fraction of sp³-hybridized carbons (Fsp3) is 0.533. The molecule has 0 spiro atoms. The van der Waals surface area contributed by atoms with Crippen molar-refractivity contribution < 1.29 is 4.74 Å². The van der Waals surface area contributed by atoms with E-state index in [4.69, 9.17) is 4.74 Å². The highest BCUT2D eigenvalue weighted by molar-refractivity contribution is 5.15. The third kappa shape index (κ3) is 4.42. The van der Waals surface area contributed by atoms with Gasteiger partial charge in [-0.25, -0.2) is 0 Å². The molecule has 0 unspecified atom stereocenters. The van der Waals surface area contributed by atoms with Crippen LogP contribution in [0.25, 0.3) is 0 Å². The zero-order valence-corrected chi connectivity index (χ0v) is 11.9. The van der Waals surface area contributed by atoms with Gasteiger partial charge < -0.3 is 10.1 Å². The summed E-state index contributed by atoms with van der Waals surface area (Å²) in [6.07, 6.45) is 5.34. The van der Waals surface area contributed by atoms with E-state index in [1.54, 1.807) is 7.11 Å². The van der Waals surface area contributed by atoms with Crippen molar-refractivity contribution in [2.24, 2.45) is 0 Å². The van der Waals surface area contributed by atoms with Crippen molar-refractivity contribution in [3.63, 3.8) is 0 Å². The zero-order chi connectivity index (χ0) is 13.5. The van der Waals surface area contributed by atoms with Gasteiger partial charge in [0.15, 0.2) is 0 Å². The maximum atomic E-state index is 5.17. The van der Waals surface area contributed by atoms with Gasteiger partial charge in [0.05, 0.1) is 12.3 Å². The van der Waals surface area contributed by atoms with Crippen LogP contribution < -0.4 is 5.32 Å². The molecule has 0 saturated heterocycles. The van der Waals surface area contributed by atoms with Crippen molar-refractivity contribution in [2.45, 2.75) is 19.5 Å². The number of aromatic nitrogens is 1. The number of ether oxygens (including phenoxy) is 1. The van der Waals surface area contributed by atoms with Gasteiger partial charge in [0, 0.05) is 39.5 Å². The van der Waals surface area contributed by atoms with Crippen molar-refractivity contribution in [3.8, 4) is 0 Å². The second-order valence-electron chi connectivity index (χ2n) is 4.97. The number of methoxy groups -OCH3 is 1. The van der Waals surface area contributed by atoms with Gasteiger partial charge in [-0.05, 0) is 30.7 Å².